The number of H-pyrrole nitrogens is 1. The Morgan fingerprint density at radius 3 is 2.26 bits per heavy atom. The molecule has 0 aliphatic rings. The quantitative estimate of drug-likeness (QED) is 0.511. The molecule has 1 aromatic rings. The van der Waals surface area contributed by atoms with E-state index in [-0.39, 0.29) is 38.5 Å². The van der Waals surface area contributed by atoms with Crippen molar-refractivity contribution in [3.05, 3.63) is 18.2 Å². The van der Waals surface area contributed by atoms with E-state index in [0.717, 1.165) is 11.9 Å². The largest absolute Gasteiger partial charge is 0.462 e. The molecule has 0 saturated carbocycles. The number of carbonyl (C=O) groups excluding carboxylic acids is 1. The van der Waals surface area contributed by atoms with Crippen molar-refractivity contribution in [1.29, 1.82) is 0 Å². The molecule has 9 nitrogen and oxygen atoms in total. The van der Waals surface area contributed by atoms with Gasteiger partial charge in [0.1, 0.15) is 18.8 Å². The van der Waals surface area contributed by atoms with E-state index < -0.39 is 33.7 Å². The molecule has 0 unspecified atom stereocenters. The zero-order valence-electron chi connectivity index (χ0n) is 19.4. The van der Waals surface area contributed by atoms with E-state index in [4.69, 9.17) is 15.2 Å². The molecule has 0 aliphatic heterocycles. The number of aromatic nitrogens is 2. The first-order valence-electron chi connectivity index (χ1n) is 10.0. The summed E-state index contributed by atoms with van der Waals surface area (Å²) in [4.78, 5) is 19.2. The SMILES string of the molecule is C.C[C@H](O[C@H](COC(=O)[C@@H](N)Cc1cnc[nH]1)CN(C(C)(C)C)S(C)(=O)=O)C(C)(C)C. The Balaban J connectivity index is 0.00000900. The number of esters is 1. The Labute approximate surface area is 188 Å². The minimum Gasteiger partial charge on any atom is -0.462 e. The third-order valence-electron chi connectivity index (χ3n) is 4.84. The first kappa shape index (κ1) is 29.5. The summed E-state index contributed by atoms with van der Waals surface area (Å²) in [7, 11) is -3.50. The average molecular weight is 463 g/mol. The van der Waals surface area contributed by atoms with E-state index in [9.17, 15) is 13.2 Å². The highest BCUT2D eigenvalue weighted by atomic mass is 32.2. The lowest BCUT2D eigenvalue weighted by Crippen LogP contribution is -2.51. The molecule has 1 aromatic heterocycles. The topological polar surface area (TPSA) is 128 Å². The lowest BCUT2D eigenvalue weighted by Gasteiger charge is -2.38. The van der Waals surface area contributed by atoms with Crippen molar-refractivity contribution in [2.24, 2.45) is 11.1 Å². The number of ether oxygens (including phenoxy) is 2. The summed E-state index contributed by atoms with van der Waals surface area (Å²) < 4.78 is 37.6. The standard InChI is InChI=1S/C20H38N4O5S.CH4/c1-14(19(2,3)4)29-16(11-24(20(5,6)7)30(8,26)27)12-28-18(25)17(21)9-15-10-22-13-23-15;/h10,13-14,16-17H,9,11-12,21H2,1-8H3,(H,22,23);1H4/t14-,16-,17-;/m0./s1. The molecule has 1 rings (SSSR count). The summed E-state index contributed by atoms with van der Waals surface area (Å²) in [5, 5.41) is 0. The Kier molecular flexibility index (Phi) is 10.8. The summed E-state index contributed by atoms with van der Waals surface area (Å²) in [6, 6.07) is -0.861. The van der Waals surface area contributed by atoms with Crippen molar-refractivity contribution >= 4 is 16.0 Å². The van der Waals surface area contributed by atoms with Gasteiger partial charge in [-0.3, -0.25) is 4.79 Å². The number of nitrogens with one attached hydrogen (secondary N) is 1. The van der Waals surface area contributed by atoms with Gasteiger partial charge in [0.15, 0.2) is 0 Å². The van der Waals surface area contributed by atoms with Gasteiger partial charge in [0, 0.05) is 30.4 Å². The van der Waals surface area contributed by atoms with Crippen LogP contribution in [0.25, 0.3) is 0 Å². The number of hydrogen-bond donors (Lipinski definition) is 2. The highest BCUT2D eigenvalue weighted by Gasteiger charge is 2.34. The maximum Gasteiger partial charge on any atom is 0.323 e. The van der Waals surface area contributed by atoms with Gasteiger partial charge in [0.05, 0.1) is 18.7 Å². The maximum atomic E-state index is 12.4. The van der Waals surface area contributed by atoms with Gasteiger partial charge in [0.25, 0.3) is 0 Å². The van der Waals surface area contributed by atoms with Crippen LogP contribution in [0.15, 0.2) is 12.5 Å². The van der Waals surface area contributed by atoms with E-state index in [1.165, 1.54) is 10.6 Å². The van der Waals surface area contributed by atoms with Crippen molar-refractivity contribution < 1.29 is 22.7 Å². The van der Waals surface area contributed by atoms with E-state index in [1.807, 2.05) is 48.5 Å². The van der Waals surface area contributed by atoms with Crippen molar-refractivity contribution in [1.82, 2.24) is 14.3 Å². The van der Waals surface area contributed by atoms with Gasteiger partial charge in [-0.1, -0.05) is 28.2 Å². The minimum absolute atomic E-state index is 0. The Morgan fingerprint density at radius 1 is 1.26 bits per heavy atom. The number of nitrogens with two attached hydrogens (primary N) is 1. The smallest absolute Gasteiger partial charge is 0.323 e. The monoisotopic (exact) mass is 462 g/mol. The second-order valence-corrected chi connectivity index (χ2v) is 11.7. The van der Waals surface area contributed by atoms with E-state index >= 15 is 0 Å². The first-order valence-corrected chi connectivity index (χ1v) is 11.9. The van der Waals surface area contributed by atoms with Crippen LogP contribution in [0.1, 0.15) is 61.6 Å². The van der Waals surface area contributed by atoms with Crippen LogP contribution in [0.4, 0.5) is 0 Å². The molecule has 182 valence electrons. The molecule has 3 N–H and O–H groups in total. The predicted octanol–water partition coefficient (Wildman–Crippen LogP) is 2.34. The van der Waals surface area contributed by atoms with E-state index in [0.29, 0.717) is 0 Å². The number of carbonyl (C=O) groups is 1. The molecule has 10 heteroatoms. The van der Waals surface area contributed by atoms with Crippen LogP contribution in [0.3, 0.4) is 0 Å². The number of rotatable bonds is 10. The van der Waals surface area contributed by atoms with Crippen molar-refractivity contribution in [2.75, 3.05) is 19.4 Å². The van der Waals surface area contributed by atoms with E-state index in [2.05, 4.69) is 9.97 Å². The fraction of sp³-hybridized carbons (Fsp3) is 0.810. The molecule has 3 atom stereocenters. The second-order valence-electron chi connectivity index (χ2n) is 9.75. The molecule has 0 aliphatic carbocycles. The fourth-order valence-electron chi connectivity index (χ4n) is 2.72. The first-order chi connectivity index (χ1) is 13.5. The van der Waals surface area contributed by atoms with Crippen LogP contribution >= 0.6 is 0 Å². The Morgan fingerprint density at radius 2 is 1.84 bits per heavy atom. The third-order valence-corrected chi connectivity index (χ3v) is 6.34. The van der Waals surface area contributed by atoms with Crippen LogP contribution in [0.5, 0.6) is 0 Å². The summed E-state index contributed by atoms with van der Waals surface area (Å²) in [5.74, 6) is -0.580. The van der Waals surface area contributed by atoms with Crippen LogP contribution in [-0.2, 0) is 30.7 Å². The summed E-state index contributed by atoms with van der Waals surface area (Å²) in [6.07, 6.45) is 3.70. The van der Waals surface area contributed by atoms with Crippen LogP contribution in [-0.4, -0.2) is 71.9 Å². The third kappa shape index (κ3) is 10.1. The zero-order valence-corrected chi connectivity index (χ0v) is 20.2. The lowest BCUT2D eigenvalue weighted by molar-refractivity contribution is -0.153. The van der Waals surface area contributed by atoms with Gasteiger partial charge in [-0.15, -0.1) is 0 Å². The number of imidazole rings is 1. The molecule has 0 radical (unpaired) electrons. The van der Waals surface area contributed by atoms with Gasteiger partial charge in [0.2, 0.25) is 10.0 Å². The predicted molar refractivity (Wildman–Crippen MR) is 123 cm³/mol. The lowest BCUT2D eigenvalue weighted by atomic mass is 9.90. The number of hydrogen-bond acceptors (Lipinski definition) is 7. The van der Waals surface area contributed by atoms with Crippen molar-refractivity contribution in [2.45, 2.75) is 86.1 Å². The summed E-state index contributed by atoms with van der Waals surface area (Å²) >= 11 is 0. The van der Waals surface area contributed by atoms with Crippen molar-refractivity contribution in [3.8, 4) is 0 Å². The Bertz CT molecular complexity index is 767. The van der Waals surface area contributed by atoms with Gasteiger partial charge >= 0.3 is 5.97 Å². The average Bonchev–Trinajstić information content (AvgIpc) is 3.06. The zero-order chi connectivity index (χ0) is 23.3. The molecular formula is C21H42N4O5S. The molecule has 0 fully saturated rings. The van der Waals surface area contributed by atoms with Gasteiger partial charge < -0.3 is 20.2 Å². The molecule has 0 aromatic carbocycles. The highest BCUT2D eigenvalue weighted by Crippen LogP contribution is 2.25. The Hall–Kier alpha value is -1.49. The molecular weight excluding hydrogens is 420 g/mol. The van der Waals surface area contributed by atoms with E-state index in [1.54, 1.807) is 6.20 Å². The number of nitrogens with zero attached hydrogens (tertiary/aromatic N) is 2. The molecule has 0 spiro atoms. The fourth-order valence-corrected chi connectivity index (χ4v) is 4.15. The number of aromatic amines is 1. The highest BCUT2D eigenvalue weighted by molar-refractivity contribution is 7.88. The van der Waals surface area contributed by atoms with Crippen LogP contribution in [0.2, 0.25) is 0 Å². The van der Waals surface area contributed by atoms with Gasteiger partial charge in [-0.25, -0.2) is 13.4 Å². The molecule has 0 bridgehead atoms. The molecule has 0 saturated heterocycles. The molecule has 1 heterocycles. The van der Waals surface area contributed by atoms with Gasteiger partial charge in [-0.2, -0.15) is 4.31 Å². The summed E-state index contributed by atoms with van der Waals surface area (Å²) in [6.45, 7) is 13.4. The second kappa shape index (κ2) is 11.4. The minimum atomic E-state index is -3.50. The molecule has 0 amide bonds. The normalized spacial score (nSPS) is 15.8. The van der Waals surface area contributed by atoms with Gasteiger partial charge in [-0.05, 0) is 33.1 Å². The summed E-state index contributed by atoms with van der Waals surface area (Å²) in [5.41, 5.74) is 5.84. The van der Waals surface area contributed by atoms with Crippen LogP contribution in [0, 0.1) is 5.41 Å². The maximum absolute atomic E-state index is 12.4. The number of sulfonamides is 1. The van der Waals surface area contributed by atoms with Crippen LogP contribution < -0.4 is 5.73 Å². The molecule has 31 heavy (non-hydrogen) atoms. The van der Waals surface area contributed by atoms with Crippen molar-refractivity contribution in [3.63, 3.8) is 0 Å².